The van der Waals surface area contributed by atoms with E-state index in [0.29, 0.717) is 29.1 Å². The van der Waals surface area contributed by atoms with Crippen molar-refractivity contribution in [2.45, 2.75) is 78.0 Å². The highest BCUT2D eigenvalue weighted by atomic mass is 16.7. The standard InChI is InChI=1S/C40H53N5O6/c1-23-32-18-28(40(32,3)4)19-33(23)43-39(49)36-35(24(2)47)34(21-46)51-45(36)20-25-11-10-13-31(37(25)50-22-29-12-8-9-14-42-29)26-15-27(38(48)41-5)17-30(16-26)44(6)7/h8-17,23-24,28,32-36,46-47H,18-22H2,1-7H3,(H,41,48)(H,43,49)/t23-,24-,28+,32+,33-,34-,35+,36-/m0/s1. The van der Waals surface area contributed by atoms with E-state index < -0.39 is 24.2 Å². The van der Waals surface area contributed by atoms with E-state index in [9.17, 15) is 19.8 Å². The lowest BCUT2D eigenvalue weighted by Gasteiger charge is -2.62. The summed E-state index contributed by atoms with van der Waals surface area (Å²) in [5, 5.41) is 29.1. The van der Waals surface area contributed by atoms with Crippen LogP contribution in [0.3, 0.4) is 0 Å². The Kier molecular flexibility index (Phi) is 10.7. The van der Waals surface area contributed by atoms with Gasteiger partial charge in [-0.15, -0.1) is 0 Å². The van der Waals surface area contributed by atoms with Gasteiger partial charge in [0.25, 0.3) is 5.91 Å². The van der Waals surface area contributed by atoms with Crippen LogP contribution in [0.1, 0.15) is 62.2 Å². The Balaban J connectivity index is 1.37. The van der Waals surface area contributed by atoms with Crippen molar-refractivity contribution in [2.24, 2.45) is 29.1 Å². The highest BCUT2D eigenvalue weighted by Gasteiger charge is 2.57. The monoisotopic (exact) mass is 699 g/mol. The number of benzene rings is 2. The topological polar surface area (TPSA) is 136 Å². The number of nitrogens with one attached hydrogen (secondary N) is 2. The number of fused-ring (bicyclic) bond motifs is 2. The van der Waals surface area contributed by atoms with Gasteiger partial charge < -0.3 is 30.5 Å². The van der Waals surface area contributed by atoms with E-state index in [4.69, 9.17) is 9.57 Å². The molecule has 3 aromatic rings. The van der Waals surface area contributed by atoms with Gasteiger partial charge in [-0.25, -0.2) is 0 Å². The molecule has 8 atom stereocenters. The highest BCUT2D eigenvalue weighted by molar-refractivity contribution is 5.97. The Hall–Kier alpha value is -4.03. The fourth-order valence-electron chi connectivity index (χ4n) is 8.69. The number of aliphatic hydroxyl groups excluding tert-OH is 2. The Morgan fingerprint density at radius 1 is 1.14 bits per heavy atom. The van der Waals surface area contributed by atoms with Gasteiger partial charge in [0.1, 0.15) is 24.5 Å². The molecule has 2 heterocycles. The largest absolute Gasteiger partial charge is 0.486 e. The number of amides is 2. The van der Waals surface area contributed by atoms with Gasteiger partial charge in [-0.3, -0.25) is 19.4 Å². The van der Waals surface area contributed by atoms with Crippen molar-refractivity contribution in [2.75, 3.05) is 32.6 Å². The van der Waals surface area contributed by atoms with Crippen LogP contribution >= 0.6 is 0 Å². The summed E-state index contributed by atoms with van der Waals surface area (Å²) in [5.41, 5.74) is 4.61. The molecule has 1 aliphatic heterocycles. The normalized spacial score (nSPS) is 27.3. The van der Waals surface area contributed by atoms with Crippen LogP contribution in [0.25, 0.3) is 11.1 Å². The molecule has 3 saturated carbocycles. The number of para-hydroxylation sites is 1. The maximum absolute atomic E-state index is 14.3. The first-order valence-corrected chi connectivity index (χ1v) is 18.1. The fourth-order valence-corrected chi connectivity index (χ4v) is 8.69. The van der Waals surface area contributed by atoms with Crippen LogP contribution in [-0.2, 0) is 22.8 Å². The Labute approximate surface area is 301 Å². The molecule has 4 N–H and O–H groups in total. The van der Waals surface area contributed by atoms with Gasteiger partial charge in [0.05, 0.1) is 24.9 Å². The Morgan fingerprint density at radius 2 is 1.92 bits per heavy atom. The molecule has 4 aliphatic rings. The molecule has 7 rings (SSSR count). The lowest BCUT2D eigenvalue weighted by Crippen LogP contribution is -2.62. The molecular weight excluding hydrogens is 646 g/mol. The molecule has 0 spiro atoms. The second-order valence-electron chi connectivity index (χ2n) is 15.4. The molecule has 3 aliphatic carbocycles. The third kappa shape index (κ3) is 7.22. The summed E-state index contributed by atoms with van der Waals surface area (Å²) in [6.45, 7) is 8.51. The van der Waals surface area contributed by atoms with E-state index in [2.05, 4.69) is 36.4 Å². The summed E-state index contributed by atoms with van der Waals surface area (Å²) in [6.07, 6.45) is 2.14. The number of ether oxygens (including phenoxy) is 1. The number of hydrogen-bond donors (Lipinski definition) is 4. The van der Waals surface area contributed by atoms with Crippen molar-refractivity contribution >= 4 is 17.5 Å². The molecule has 1 aromatic heterocycles. The van der Waals surface area contributed by atoms with Crippen molar-refractivity contribution in [1.82, 2.24) is 20.7 Å². The Morgan fingerprint density at radius 3 is 2.55 bits per heavy atom. The van der Waals surface area contributed by atoms with Crippen molar-refractivity contribution in [3.05, 3.63) is 77.6 Å². The summed E-state index contributed by atoms with van der Waals surface area (Å²) >= 11 is 0. The van der Waals surface area contributed by atoms with Gasteiger partial charge in [-0.05, 0) is 78.8 Å². The van der Waals surface area contributed by atoms with E-state index in [1.54, 1.807) is 25.2 Å². The zero-order chi connectivity index (χ0) is 36.6. The van der Waals surface area contributed by atoms with E-state index in [1.165, 1.54) is 6.42 Å². The minimum Gasteiger partial charge on any atom is -0.486 e. The minimum absolute atomic E-state index is 0.0260. The number of rotatable bonds is 12. The lowest BCUT2D eigenvalue weighted by molar-refractivity contribution is -0.183. The van der Waals surface area contributed by atoms with Gasteiger partial charge >= 0.3 is 0 Å². The SMILES string of the molecule is CNC(=O)c1cc(-c2cccc(CN3O[C@@H](CO)[C@@H]([C@H](C)O)[C@H]3C(=O)N[C@H]3C[C@H]4C[C@H]([C@@H]3C)C4(C)C)c2OCc2ccccn2)cc(N(C)C)c1. The number of anilines is 1. The van der Waals surface area contributed by atoms with E-state index in [0.717, 1.165) is 34.5 Å². The molecule has 274 valence electrons. The minimum atomic E-state index is -0.915. The number of aliphatic hydroxyl groups is 2. The number of pyridine rings is 1. The quantitative estimate of drug-likeness (QED) is 0.217. The van der Waals surface area contributed by atoms with Crippen LogP contribution < -0.4 is 20.3 Å². The summed E-state index contributed by atoms with van der Waals surface area (Å²) in [4.78, 5) is 39.9. The van der Waals surface area contributed by atoms with Crippen LogP contribution in [0.5, 0.6) is 5.75 Å². The molecule has 0 radical (unpaired) electrons. The molecule has 11 nitrogen and oxygen atoms in total. The van der Waals surface area contributed by atoms with Crippen LogP contribution in [0.2, 0.25) is 0 Å². The van der Waals surface area contributed by atoms with E-state index >= 15 is 0 Å². The number of carbonyl (C=O) groups excluding carboxylic acids is 2. The van der Waals surface area contributed by atoms with E-state index in [1.807, 2.05) is 73.6 Å². The summed E-state index contributed by atoms with van der Waals surface area (Å²) < 4.78 is 6.58. The number of aromatic nitrogens is 1. The highest BCUT2D eigenvalue weighted by Crippen LogP contribution is 2.61. The van der Waals surface area contributed by atoms with Gasteiger partial charge in [0.2, 0.25) is 5.91 Å². The predicted octanol–water partition coefficient (Wildman–Crippen LogP) is 4.41. The van der Waals surface area contributed by atoms with Crippen molar-refractivity contribution in [1.29, 1.82) is 0 Å². The first-order chi connectivity index (χ1) is 24.3. The molecule has 51 heavy (non-hydrogen) atoms. The zero-order valence-corrected chi connectivity index (χ0v) is 30.8. The average Bonchev–Trinajstić information content (AvgIpc) is 3.50. The van der Waals surface area contributed by atoms with Crippen LogP contribution in [0.15, 0.2) is 60.8 Å². The van der Waals surface area contributed by atoms with Gasteiger partial charge in [-0.1, -0.05) is 45.0 Å². The van der Waals surface area contributed by atoms with Crippen LogP contribution in [0.4, 0.5) is 5.69 Å². The molecular formula is C40H53N5O6. The van der Waals surface area contributed by atoms with E-state index in [-0.39, 0.29) is 43.0 Å². The third-order valence-corrected chi connectivity index (χ3v) is 11.8. The average molecular weight is 700 g/mol. The molecule has 11 heteroatoms. The molecule has 0 unspecified atom stereocenters. The van der Waals surface area contributed by atoms with Crippen molar-refractivity contribution in [3.63, 3.8) is 0 Å². The first kappa shape index (κ1) is 36.8. The van der Waals surface area contributed by atoms with Crippen molar-refractivity contribution in [3.8, 4) is 16.9 Å². The third-order valence-electron chi connectivity index (χ3n) is 11.8. The van der Waals surface area contributed by atoms with Crippen LogP contribution in [-0.4, -0.2) is 84.1 Å². The molecule has 2 bridgehead atoms. The lowest BCUT2D eigenvalue weighted by atomic mass is 9.45. The fraction of sp³-hybridized carbons (Fsp3) is 0.525. The number of hydroxylamine groups is 2. The van der Waals surface area contributed by atoms with Gasteiger partial charge in [0.15, 0.2) is 0 Å². The molecule has 1 saturated heterocycles. The number of carbonyl (C=O) groups is 2. The van der Waals surface area contributed by atoms with Gasteiger partial charge in [-0.2, -0.15) is 5.06 Å². The Bertz CT molecular complexity index is 1710. The second-order valence-corrected chi connectivity index (χ2v) is 15.4. The first-order valence-electron chi connectivity index (χ1n) is 18.1. The summed E-state index contributed by atoms with van der Waals surface area (Å²) in [6, 6.07) is 16.3. The summed E-state index contributed by atoms with van der Waals surface area (Å²) in [5.74, 6) is 0.902. The summed E-state index contributed by atoms with van der Waals surface area (Å²) in [7, 11) is 5.45. The van der Waals surface area contributed by atoms with Crippen LogP contribution in [0, 0.1) is 29.1 Å². The smallest absolute Gasteiger partial charge is 0.251 e. The molecule has 4 fully saturated rings. The number of hydrogen-bond acceptors (Lipinski definition) is 9. The maximum atomic E-state index is 14.3. The zero-order valence-electron chi connectivity index (χ0n) is 30.8. The molecule has 2 amide bonds. The van der Waals surface area contributed by atoms with Crippen molar-refractivity contribution < 1.29 is 29.4 Å². The maximum Gasteiger partial charge on any atom is 0.251 e. The number of nitrogens with zero attached hydrogens (tertiary/aromatic N) is 3. The second kappa shape index (κ2) is 14.9. The van der Waals surface area contributed by atoms with Gasteiger partial charge in [0, 0.05) is 61.7 Å². The molecule has 2 aromatic carbocycles. The predicted molar refractivity (Wildman–Crippen MR) is 196 cm³/mol.